The maximum Gasteiger partial charge on any atom is 0.151 e. The van der Waals surface area contributed by atoms with E-state index in [1.807, 2.05) is 26.8 Å². The van der Waals surface area contributed by atoms with Crippen molar-refractivity contribution in [3.63, 3.8) is 0 Å². The summed E-state index contributed by atoms with van der Waals surface area (Å²) < 4.78 is 13.6. The van der Waals surface area contributed by atoms with E-state index in [9.17, 15) is 4.39 Å². The molecule has 0 saturated heterocycles. The zero-order valence-corrected chi connectivity index (χ0v) is 11.7. The van der Waals surface area contributed by atoms with Gasteiger partial charge in [-0.2, -0.15) is 0 Å². The van der Waals surface area contributed by atoms with E-state index in [4.69, 9.17) is 0 Å². The average molecular weight is 259 g/mol. The number of benzene rings is 1. The number of nitrogens with one attached hydrogen (secondary N) is 1. The highest BCUT2D eigenvalue weighted by Gasteiger charge is 2.14. The highest BCUT2D eigenvalue weighted by Crippen LogP contribution is 2.29. The third-order valence-corrected chi connectivity index (χ3v) is 3.39. The molecule has 0 fully saturated rings. The van der Waals surface area contributed by atoms with Crippen LogP contribution in [0.1, 0.15) is 23.6 Å². The van der Waals surface area contributed by atoms with E-state index >= 15 is 0 Å². The van der Waals surface area contributed by atoms with Crippen LogP contribution in [0.5, 0.6) is 0 Å². The van der Waals surface area contributed by atoms with Gasteiger partial charge in [0.05, 0.1) is 5.69 Å². The van der Waals surface area contributed by atoms with Crippen molar-refractivity contribution in [3.8, 4) is 11.3 Å². The van der Waals surface area contributed by atoms with Crippen molar-refractivity contribution >= 4 is 5.82 Å². The van der Waals surface area contributed by atoms with Gasteiger partial charge in [0.1, 0.15) is 5.82 Å². The second-order valence-electron chi connectivity index (χ2n) is 4.59. The molecule has 0 aliphatic heterocycles. The fraction of sp³-hybridized carbons (Fsp3) is 0.333. The van der Waals surface area contributed by atoms with Crippen LogP contribution in [-0.4, -0.2) is 16.7 Å². The van der Waals surface area contributed by atoms with Crippen molar-refractivity contribution in [2.75, 3.05) is 11.9 Å². The summed E-state index contributed by atoms with van der Waals surface area (Å²) in [4.78, 5) is 0. The van der Waals surface area contributed by atoms with Gasteiger partial charge in [0.2, 0.25) is 0 Å². The van der Waals surface area contributed by atoms with E-state index in [-0.39, 0.29) is 5.82 Å². The number of anilines is 1. The van der Waals surface area contributed by atoms with Crippen LogP contribution >= 0.6 is 0 Å². The molecule has 2 aromatic rings. The lowest BCUT2D eigenvalue weighted by Gasteiger charge is -2.13. The summed E-state index contributed by atoms with van der Waals surface area (Å²) in [6, 6.07) is 5.04. The van der Waals surface area contributed by atoms with E-state index in [2.05, 4.69) is 15.5 Å². The van der Waals surface area contributed by atoms with Crippen LogP contribution in [0.4, 0.5) is 10.2 Å². The van der Waals surface area contributed by atoms with E-state index in [1.165, 1.54) is 6.07 Å². The number of rotatable bonds is 3. The molecule has 19 heavy (non-hydrogen) atoms. The largest absolute Gasteiger partial charge is 0.369 e. The zero-order chi connectivity index (χ0) is 14.0. The van der Waals surface area contributed by atoms with Gasteiger partial charge in [-0.1, -0.05) is 12.1 Å². The third-order valence-electron chi connectivity index (χ3n) is 3.39. The molecule has 0 spiro atoms. The second-order valence-corrected chi connectivity index (χ2v) is 4.59. The molecule has 0 unspecified atom stereocenters. The Morgan fingerprint density at radius 1 is 1.05 bits per heavy atom. The Balaban J connectivity index is 2.58. The van der Waals surface area contributed by atoms with Crippen molar-refractivity contribution < 1.29 is 4.39 Å². The Bertz CT molecular complexity index is 609. The topological polar surface area (TPSA) is 37.8 Å². The third kappa shape index (κ3) is 2.43. The Kier molecular flexibility index (Phi) is 3.79. The lowest BCUT2D eigenvalue weighted by Crippen LogP contribution is -2.06. The Labute approximate surface area is 112 Å². The number of halogens is 1. The van der Waals surface area contributed by atoms with Gasteiger partial charge in [0.25, 0.3) is 0 Å². The minimum absolute atomic E-state index is 0.216. The molecule has 1 N–H and O–H groups in total. The predicted molar refractivity (Wildman–Crippen MR) is 75.8 cm³/mol. The molecular weight excluding hydrogens is 241 g/mol. The van der Waals surface area contributed by atoms with Crippen LogP contribution < -0.4 is 5.32 Å². The van der Waals surface area contributed by atoms with Crippen molar-refractivity contribution in [3.05, 3.63) is 40.7 Å². The SMILES string of the molecule is CCNc1nnc(-c2cccc(F)c2C)c(C)c1C. The maximum atomic E-state index is 13.6. The monoisotopic (exact) mass is 259 g/mol. The van der Waals surface area contributed by atoms with Crippen LogP contribution in [0, 0.1) is 26.6 Å². The second kappa shape index (κ2) is 5.34. The molecule has 0 bridgehead atoms. The first kappa shape index (κ1) is 13.5. The molecule has 1 aromatic carbocycles. The first-order valence-corrected chi connectivity index (χ1v) is 6.39. The molecule has 3 nitrogen and oxygen atoms in total. The van der Waals surface area contributed by atoms with Crippen molar-refractivity contribution in [1.82, 2.24) is 10.2 Å². The van der Waals surface area contributed by atoms with E-state index < -0.39 is 0 Å². The molecule has 0 aliphatic carbocycles. The smallest absolute Gasteiger partial charge is 0.151 e. The lowest BCUT2D eigenvalue weighted by atomic mass is 9.99. The number of hydrogen-bond acceptors (Lipinski definition) is 3. The van der Waals surface area contributed by atoms with Gasteiger partial charge in [-0.05, 0) is 50.5 Å². The molecule has 2 rings (SSSR count). The number of hydrogen-bond donors (Lipinski definition) is 1. The Morgan fingerprint density at radius 3 is 2.47 bits per heavy atom. The Morgan fingerprint density at radius 2 is 1.79 bits per heavy atom. The van der Waals surface area contributed by atoms with Crippen LogP contribution in [0.3, 0.4) is 0 Å². The molecule has 0 radical (unpaired) electrons. The van der Waals surface area contributed by atoms with Crippen molar-refractivity contribution in [1.29, 1.82) is 0 Å². The number of aromatic nitrogens is 2. The standard InChI is InChI=1S/C15H18FN3/c1-5-17-15-10(3)9(2)14(18-19-15)12-7-6-8-13(16)11(12)4/h6-8H,5H2,1-4H3,(H,17,19). The van der Waals surface area contributed by atoms with E-state index in [0.717, 1.165) is 34.7 Å². The maximum absolute atomic E-state index is 13.6. The van der Waals surface area contributed by atoms with Crippen LogP contribution in [0.25, 0.3) is 11.3 Å². The van der Waals surface area contributed by atoms with Gasteiger partial charge in [0, 0.05) is 12.1 Å². The molecule has 0 amide bonds. The number of nitrogens with zero attached hydrogens (tertiary/aromatic N) is 2. The molecule has 4 heteroatoms. The summed E-state index contributed by atoms with van der Waals surface area (Å²) >= 11 is 0. The summed E-state index contributed by atoms with van der Waals surface area (Å²) in [5.41, 5.74) is 4.23. The van der Waals surface area contributed by atoms with Gasteiger partial charge in [0.15, 0.2) is 5.82 Å². The van der Waals surface area contributed by atoms with E-state index in [1.54, 1.807) is 13.0 Å². The normalized spacial score (nSPS) is 10.6. The van der Waals surface area contributed by atoms with Crippen LogP contribution in [-0.2, 0) is 0 Å². The van der Waals surface area contributed by atoms with Gasteiger partial charge >= 0.3 is 0 Å². The summed E-state index contributed by atoms with van der Waals surface area (Å²) in [6.07, 6.45) is 0. The van der Waals surface area contributed by atoms with Crippen molar-refractivity contribution in [2.24, 2.45) is 0 Å². The van der Waals surface area contributed by atoms with Crippen LogP contribution in [0.2, 0.25) is 0 Å². The molecule has 1 aromatic heterocycles. The molecular formula is C15H18FN3. The quantitative estimate of drug-likeness (QED) is 0.914. The summed E-state index contributed by atoms with van der Waals surface area (Å²) in [7, 11) is 0. The first-order chi connectivity index (χ1) is 9.06. The Hall–Kier alpha value is -1.97. The summed E-state index contributed by atoms with van der Waals surface area (Å²) in [5, 5.41) is 11.6. The van der Waals surface area contributed by atoms with E-state index in [0.29, 0.717) is 5.56 Å². The minimum Gasteiger partial charge on any atom is -0.369 e. The van der Waals surface area contributed by atoms with Gasteiger partial charge < -0.3 is 5.32 Å². The molecule has 100 valence electrons. The predicted octanol–water partition coefficient (Wildman–Crippen LogP) is 3.64. The van der Waals surface area contributed by atoms with Gasteiger partial charge in [-0.3, -0.25) is 0 Å². The zero-order valence-electron chi connectivity index (χ0n) is 11.7. The minimum atomic E-state index is -0.216. The summed E-state index contributed by atoms with van der Waals surface area (Å²) in [5.74, 6) is 0.574. The van der Waals surface area contributed by atoms with Crippen LogP contribution in [0.15, 0.2) is 18.2 Å². The van der Waals surface area contributed by atoms with Crippen molar-refractivity contribution in [2.45, 2.75) is 27.7 Å². The molecule has 0 atom stereocenters. The van der Waals surface area contributed by atoms with Gasteiger partial charge in [-0.15, -0.1) is 10.2 Å². The first-order valence-electron chi connectivity index (χ1n) is 6.39. The summed E-state index contributed by atoms with van der Waals surface area (Å²) in [6.45, 7) is 8.57. The lowest BCUT2D eigenvalue weighted by molar-refractivity contribution is 0.619. The average Bonchev–Trinajstić information content (AvgIpc) is 2.39. The highest BCUT2D eigenvalue weighted by atomic mass is 19.1. The highest BCUT2D eigenvalue weighted by molar-refractivity contribution is 5.69. The fourth-order valence-corrected chi connectivity index (χ4v) is 2.06. The van der Waals surface area contributed by atoms with Gasteiger partial charge in [-0.25, -0.2) is 4.39 Å². The fourth-order valence-electron chi connectivity index (χ4n) is 2.06. The molecule has 0 saturated carbocycles. The molecule has 0 aliphatic rings. The molecule has 1 heterocycles.